The molecule has 0 saturated heterocycles. The standard InChI is InChI=1S/C13H23NO2/c1-7-8-14-11(9-10(2)3)12(15)16-13(4,5)6/h1,10-11,14H,8-9H2,2-6H3. The van der Waals surface area contributed by atoms with Crippen LogP contribution in [0.15, 0.2) is 0 Å². The van der Waals surface area contributed by atoms with E-state index in [-0.39, 0.29) is 12.0 Å². The summed E-state index contributed by atoms with van der Waals surface area (Å²) in [4.78, 5) is 11.8. The lowest BCUT2D eigenvalue weighted by molar-refractivity contribution is -0.157. The number of nitrogens with one attached hydrogen (secondary N) is 1. The predicted octanol–water partition coefficient (Wildman–Crippen LogP) is 1.97. The Labute approximate surface area is 98.9 Å². The summed E-state index contributed by atoms with van der Waals surface area (Å²) in [6.45, 7) is 10.1. The highest BCUT2D eigenvalue weighted by molar-refractivity contribution is 5.76. The van der Waals surface area contributed by atoms with E-state index in [2.05, 4.69) is 25.1 Å². The fourth-order valence-corrected chi connectivity index (χ4v) is 1.29. The van der Waals surface area contributed by atoms with Crippen molar-refractivity contribution in [3.8, 4) is 12.3 Å². The molecule has 0 rings (SSSR count). The third kappa shape index (κ3) is 7.30. The summed E-state index contributed by atoms with van der Waals surface area (Å²) < 4.78 is 5.33. The number of rotatable bonds is 5. The predicted molar refractivity (Wildman–Crippen MR) is 65.9 cm³/mol. The van der Waals surface area contributed by atoms with E-state index in [1.807, 2.05) is 20.8 Å². The van der Waals surface area contributed by atoms with Gasteiger partial charge in [-0.1, -0.05) is 19.8 Å². The number of carbonyl (C=O) groups excluding carboxylic acids is 1. The minimum absolute atomic E-state index is 0.226. The van der Waals surface area contributed by atoms with Gasteiger partial charge in [0.05, 0.1) is 6.54 Å². The number of ether oxygens (including phenoxy) is 1. The van der Waals surface area contributed by atoms with Crippen LogP contribution in [-0.2, 0) is 9.53 Å². The molecule has 3 nitrogen and oxygen atoms in total. The van der Waals surface area contributed by atoms with Crippen molar-refractivity contribution in [1.82, 2.24) is 5.32 Å². The van der Waals surface area contributed by atoms with Crippen molar-refractivity contribution in [3.63, 3.8) is 0 Å². The Hall–Kier alpha value is -1.01. The highest BCUT2D eigenvalue weighted by atomic mass is 16.6. The van der Waals surface area contributed by atoms with Gasteiger partial charge in [0.25, 0.3) is 0 Å². The SMILES string of the molecule is C#CCNC(CC(C)C)C(=O)OC(C)(C)C. The maximum absolute atomic E-state index is 11.8. The smallest absolute Gasteiger partial charge is 0.323 e. The molecule has 1 unspecified atom stereocenters. The molecule has 0 saturated carbocycles. The first kappa shape index (κ1) is 15.0. The normalized spacial score (nSPS) is 13.3. The molecular weight excluding hydrogens is 202 g/mol. The molecular formula is C13H23NO2. The van der Waals surface area contributed by atoms with E-state index in [0.29, 0.717) is 12.5 Å². The molecule has 0 aliphatic carbocycles. The van der Waals surface area contributed by atoms with Crippen molar-refractivity contribution in [1.29, 1.82) is 0 Å². The first-order chi connectivity index (χ1) is 7.26. The quantitative estimate of drug-likeness (QED) is 0.574. The second-order valence-corrected chi connectivity index (χ2v) is 5.30. The molecule has 0 heterocycles. The second-order valence-electron chi connectivity index (χ2n) is 5.30. The van der Waals surface area contributed by atoms with Gasteiger partial charge in [-0.05, 0) is 33.1 Å². The molecule has 0 aliphatic heterocycles. The summed E-state index contributed by atoms with van der Waals surface area (Å²) in [5.74, 6) is 2.66. The van der Waals surface area contributed by atoms with Gasteiger partial charge in [0.1, 0.15) is 11.6 Å². The third-order valence-electron chi connectivity index (χ3n) is 1.85. The van der Waals surface area contributed by atoms with Gasteiger partial charge in [0, 0.05) is 0 Å². The summed E-state index contributed by atoms with van der Waals surface area (Å²) in [5.41, 5.74) is -0.454. The monoisotopic (exact) mass is 225 g/mol. The van der Waals surface area contributed by atoms with Crippen molar-refractivity contribution in [2.75, 3.05) is 6.54 Å². The van der Waals surface area contributed by atoms with Gasteiger partial charge in [0.15, 0.2) is 0 Å². The number of carbonyl (C=O) groups is 1. The van der Waals surface area contributed by atoms with Gasteiger partial charge in [-0.25, -0.2) is 0 Å². The van der Waals surface area contributed by atoms with E-state index in [1.54, 1.807) is 0 Å². The van der Waals surface area contributed by atoms with Gasteiger partial charge in [0.2, 0.25) is 0 Å². The summed E-state index contributed by atoms with van der Waals surface area (Å²) >= 11 is 0. The Kier molecular flexibility index (Phi) is 6.13. The molecule has 0 aromatic heterocycles. The number of hydrogen-bond donors (Lipinski definition) is 1. The van der Waals surface area contributed by atoms with Crippen LogP contribution in [0.2, 0.25) is 0 Å². The highest BCUT2D eigenvalue weighted by Crippen LogP contribution is 2.12. The summed E-state index contributed by atoms with van der Waals surface area (Å²) in [7, 11) is 0. The van der Waals surface area contributed by atoms with E-state index < -0.39 is 5.60 Å². The molecule has 16 heavy (non-hydrogen) atoms. The van der Waals surface area contributed by atoms with E-state index in [9.17, 15) is 4.79 Å². The molecule has 0 radical (unpaired) electrons. The molecule has 1 N–H and O–H groups in total. The third-order valence-corrected chi connectivity index (χ3v) is 1.85. The van der Waals surface area contributed by atoms with Crippen LogP contribution in [0.3, 0.4) is 0 Å². The molecule has 0 bridgehead atoms. The molecule has 0 fully saturated rings. The lowest BCUT2D eigenvalue weighted by Gasteiger charge is -2.25. The topological polar surface area (TPSA) is 38.3 Å². The minimum atomic E-state index is -0.454. The Morgan fingerprint density at radius 3 is 2.38 bits per heavy atom. The maximum Gasteiger partial charge on any atom is 0.323 e. The summed E-state index contributed by atoms with van der Waals surface area (Å²) in [6, 6.07) is -0.310. The zero-order valence-corrected chi connectivity index (χ0v) is 11.0. The van der Waals surface area contributed by atoms with Crippen molar-refractivity contribution < 1.29 is 9.53 Å². The summed E-state index contributed by atoms with van der Waals surface area (Å²) in [6.07, 6.45) is 5.90. The Balaban J connectivity index is 4.38. The lowest BCUT2D eigenvalue weighted by Crippen LogP contribution is -2.42. The average molecular weight is 225 g/mol. The van der Waals surface area contributed by atoms with Crippen molar-refractivity contribution in [3.05, 3.63) is 0 Å². The van der Waals surface area contributed by atoms with Crippen molar-refractivity contribution in [2.45, 2.75) is 52.7 Å². The molecule has 0 spiro atoms. The van der Waals surface area contributed by atoms with E-state index >= 15 is 0 Å². The van der Waals surface area contributed by atoms with Gasteiger partial charge < -0.3 is 4.74 Å². The molecule has 3 heteroatoms. The second kappa shape index (κ2) is 6.55. The molecule has 92 valence electrons. The molecule has 0 aromatic rings. The zero-order chi connectivity index (χ0) is 12.8. The van der Waals surface area contributed by atoms with Crippen molar-refractivity contribution in [2.24, 2.45) is 5.92 Å². The molecule has 0 aromatic carbocycles. The first-order valence-electron chi connectivity index (χ1n) is 5.66. The van der Waals surface area contributed by atoms with Crippen LogP contribution in [0.4, 0.5) is 0 Å². The van der Waals surface area contributed by atoms with Crippen LogP contribution in [0, 0.1) is 18.3 Å². The minimum Gasteiger partial charge on any atom is -0.459 e. The Morgan fingerprint density at radius 2 is 2.00 bits per heavy atom. The number of esters is 1. The van der Waals surface area contributed by atoms with Crippen LogP contribution in [0.5, 0.6) is 0 Å². The Bertz CT molecular complexity index is 258. The molecule has 0 aliphatic rings. The fraction of sp³-hybridized carbons (Fsp3) is 0.769. The largest absolute Gasteiger partial charge is 0.459 e. The van der Waals surface area contributed by atoms with Crippen LogP contribution in [0.1, 0.15) is 41.0 Å². The van der Waals surface area contributed by atoms with Gasteiger partial charge in [-0.15, -0.1) is 6.42 Å². The fourth-order valence-electron chi connectivity index (χ4n) is 1.29. The van der Waals surface area contributed by atoms with E-state index in [4.69, 9.17) is 11.2 Å². The number of terminal acetylenes is 1. The van der Waals surface area contributed by atoms with Crippen molar-refractivity contribution >= 4 is 5.97 Å². The number of hydrogen-bond acceptors (Lipinski definition) is 3. The van der Waals surface area contributed by atoms with Gasteiger partial charge in [-0.2, -0.15) is 0 Å². The maximum atomic E-state index is 11.8. The highest BCUT2D eigenvalue weighted by Gasteiger charge is 2.25. The lowest BCUT2D eigenvalue weighted by atomic mass is 10.0. The van der Waals surface area contributed by atoms with Gasteiger partial charge in [-0.3, -0.25) is 10.1 Å². The zero-order valence-electron chi connectivity index (χ0n) is 11.0. The van der Waals surface area contributed by atoms with Crippen LogP contribution >= 0.6 is 0 Å². The van der Waals surface area contributed by atoms with Crippen LogP contribution < -0.4 is 5.32 Å². The first-order valence-corrected chi connectivity index (χ1v) is 5.66. The summed E-state index contributed by atoms with van der Waals surface area (Å²) in [5, 5.41) is 3.01. The molecule has 1 atom stereocenters. The van der Waals surface area contributed by atoms with E-state index in [0.717, 1.165) is 6.42 Å². The van der Waals surface area contributed by atoms with Crippen LogP contribution in [0.25, 0.3) is 0 Å². The molecule has 0 amide bonds. The van der Waals surface area contributed by atoms with Gasteiger partial charge >= 0.3 is 5.97 Å². The Morgan fingerprint density at radius 1 is 1.44 bits per heavy atom. The van der Waals surface area contributed by atoms with E-state index in [1.165, 1.54) is 0 Å². The van der Waals surface area contributed by atoms with Crippen LogP contribution in [-0.4, -0.2) is 24.2 Å². The average Bonchev–Trinajstić information content (AvgIpc) is 2.08.